The minimum Gasteiger partial charge on any atom is -0.310 e. The number of benzene rings is 11. The van der Waals surface area contributed by atoms with Gasteiger partial charge in [-0.05, 0) is 116 Å². The molecule has 11 aromatic carbocycles. The van der Waals surface area contributed by atoms with E-state index in [1.807, 2.05) is 0 Å². The van der Waals surface area contributed by atoms with Gasteiger partial charge in [0.2, 0.25) is 0 Å². The Morgan fingerprint density at radius 3 is 0.859 bits per heavy atom. The minimum atomic E-state index is 1.12. The highest BCUT2D eigenvalue weighted by molar-refractivity contribution is 6.00. The minimum absolute atomic E-state index is 1.12. The van der Waals surface area contributed by atoms with E-state index in [4.69, 9.17) is 0 Å². The van der Waals surface area contributed by atoms with E-state index in [2.05, 4.69) is 277 Å². The predicted molar refractivity (Wildman–Crippen MR) is 273 cm³/mol. The molecule has 64 heavy (non-hydrogen) atoms. The lowest BCUT2D eigenvalue weighted by atomic mass is 9.92. The van der Waals surface area contributed by atoms with Crippen molar-refractivity contribution < 1.29 is 0 Å². The van der Waals surface area contributed by atoms with Crippen LogP contribution in [0.15, 0.2) is 267 Å². The van der Waals surface area contributed by atoms with E-state index >= 15 is 0 Å². The van der Waals surface area contributed by atoms with Crippen molar-refractivity contribution in [1.82, 2.24) is 0 Å². The maximum atomic E-state index is 2.35. The van der Waals surface area contributed by atoms with Gasteiger partial charge in [-0.1, -0.05) is 206 Å². The fourth-order valence-corrected chi connectivity index (χ4v) is 9.09. The van der Waals surface area contributed by atoms with Crippen molar-refractivity contribution in [3.63, 3.8) is 0 Å². The summed E-state index contributed by atoms with van der Waals surface area (Å²) < 4.78 is 0. The predicted octanol–water partition coefficient (Wildman–Crippen LogP) is 17.6. The summed E-state index contributed by atoms with van der Waals surface area (Å²) in [4.78, 5) is 4.70. The van der Waals surface area contributed by atoms with Gasteiger partial charge >= 0.3 is 0 Å². The summed E-state index contributed by atoms with van der Waals surface area (Å²) in [7, 11) is 0. The van der Waals surface area contributed by atoms with Gasteiger partial charge in [-0.25, -0.2) is 0 Å². The molecule has 2 heteroatoms. The molecule has 0 bridgehead atoms. The summed E-state index contributed by atoms with van der Waals surface area (Å²) in [5, 5.41) is 4.89. The van der Waals surface area contributed by atoms with Gasteiger partial charge in [-0.15, -0.1) is 0 Å². The van der Waals surface area contributed by atoms with E-state index in [9.17, 15) is 0 Å². The zero-order valence-electron chi connectivity index (χ0n) is 35.3. The lowest BCUT2D eigenvalue weighted by molar-refractivity contribution is 1.30. The molecule has 0 unspecified atom stereocenters. The molecule has 0 aliphatic rings. The number of para-hydroxylation sites is 2. The van der Waals surface area contributed by atoms with Crippen LogP contribution in [-0.4, -0.2) is 0 Å². The first kappa shape index (κ1) is 38.5. The third kappa shape index (κ3) is 7.48. The molecule has 0 aliphatic heterocycles. The van der Waals surface area contributed by atoms with Crippen LogP contribution in [0.3, 0.4) is 0 Å². The summed E-state index contributed by atoms with van der Waals surface area (Å²) in [6, 6.07) is 96.1. The van der Waals surface area contributed by atoms with Crippen LogP contribution in [0.25, 0.3) is 66.1 Å². The van der Waals surface area contributed by atoms with Crippen LogP contribution in [0.5, 0.6) is 0 Å². The number of hydrogen-bond donors (Lipinski definition) is 0. The summed E-state index contributed by atoms with van der Waals surface area (Å²) in [6.07, 6.45) is 0. The van der Waals surface area contributed by atoms with Crippen LogP contribution in [0.2, 0.25) is 0 Å². The highest BCUT2D eigenvalue weighted by Crippen LogP contribution is 2.42. The first-order valence-electron chi connectivity index (χ1n) is 21.9. The zero-order chi connectivity index (χ0) is 42.7. The molecule has 0 fully saturated rings. The molecule has 0 saturated heterocycles. The number of fused-ring (bicyclic) bond motifs is 2. The lowest BCUT2D eigenvalue weighted by Gasteiger charge is -2.27. The molecule has 0 aliphatic carbocycles. The number of nitrogens with zero attached hydrogens (tertiary/aromatic N) is 2. The standard InChI is InChI=1S/C62H44N2/c1-3-19-53(20-4-1)63(61-27-13-17-49-15-7-9-25-59(49)61)55-41-37-47(38-42-55)45-29-33-51(34-30-45)57-23-11-12-24-58(57)52-35-31-46(32-36-52)48-39-43-56(44-40-48)64(54-21-5-2-6-22-54)62-28-14-18-50-16-8-10-26-60(50)62/h1-44H. The lowest BCUT2D eigenvalue weighted by Crippen LogP contribution is -2.10. The second kappa shape index (κ2) is 17.1. The molecule has 0 heterocycles. The van der Waals surface area contributed by atoms with E-state index < -0.39 is 0 Å². The molecule has 302 valence electrons. The van der Waals surface area contributed by atoms with Crippen molar-refractivity contribution in [2.75, 3.05) is 9.80 Å². The Bertz CT molecular complexity index is 3100. The highest BCUT2D eigenvalue weighted by Gasteiger charge is 2.17. The molecule has 0 spiro atoms. The van der Waals surface area contributed by atoms with Crippen molar-refractivity contribution in [3.05, 3.63) is 267 Å². The van der Waals surface area contributed by atoms with Gasteiger partial charge in [-0.3, -0.25) is 0 Å². The second-order valence-electron chi connectivity index (χ2n) is 16.1. The third-order valence-corrected chi connectivity index (χ3v) is 12.3. The van der Waals surface area contributed by atoms with E-state index in [-0.39, 0.29) is 0 Å². The molecular weight excluding hydrogens is 773 g/mol. The van der Waals surface area contributed by atoms with Gasteiger partial charge in [0, 0.05) is 33.5 Å². The van der Waals surface area contributed by atoms with Crippen LogP contribution >= 0.6 is 0 Å². The average Bonchev–Trinajstić information content (AvgIpc) is 3.38. The molecule has 11 rings (SSSR count). The molecule has 0 radical (unpaired) electrons. The first-order valence-corrected chi connectivity index (χ1v) is 21.9. The van der Waals surface area contributed by atoms with E-state index in [0.717, 1.165) is 34.1 Å². The second-order valence-corrected chi connectivity index (χ2v) is 16.1. The van der Waals surface area contributed by atoms with Crippen molar-refractivity contribution in [2.45, 2.75) is 0 Å². The fourth-order valence-electron chi connectivity index (χ4n) is 9.09. The van der Waals surface area contributed by atoms with E-state index in [0.29, 0.717) is 0 Å². The molecule has 0 saturated carbocycles. The Hall–Kier alpha value is -8.46. The highest BCUT2D eigenvalue weighted by atomic mass is 15.1. The summed E-state index contributed by atoms with van der Waals surface area (Å²) in [5.74, 6) is 0. The summed E-state index contributed by atoms with van der Waals surface area (Å²) in [6.45, 7) is 0. The van der Waals surface area contributed by atoms with Crippen LogP contribution in [0.4, 0.5) is 34.1 Å². The van der Waals surface area contributed by atoms with Crippen molar-refractivity contribution in [1.29, 1.82) is 0 Å². The average molecular weight is 817 g/mol. The SMILES string of the molecule is c1ccc(N(c2ccc(-c3ccc(-c4ccccc4-c4ccc(-c5ccc(N(c6ccccc6)c6cccc7ccccc67)cc5)cc4)cc3)cc2)c2cccc3ccccc23)cc1. The smallest absolute Gasteiger partial charge is 0.0540 e. The van der Waals surface area contributed by atoms with Crippen molar-refractivity contribution in [2.24, 2.45) is 0 Å². The van der Waals surface area contributed by atoms with Gasteiger partial charge in [0.15, 0.2) is 0 Å². The van der Waals surface area contributed by atoms with Gasteiger partial charge < -0.3 is 9.80 Å². The molecule has 0 amide bonds. The summed E-state index contributed by atoms with van der Waals surface area (Å²) in [5.41, 5.74) is 16.3. The Morgan fingerprint density at radius 2 is 0.469 bits per heavy atom. The molecule has 0 atom stereocenters. The van der Waals surface area contributed by atoms with E-state index in [1.54, 1.807) is 0 Å². The molecule has 0 N–H and O–H groups in total. The monoisotopic (exact) mass is 816 g/mol. The molecule has 2 nitrogen and oxygen atoms in total. The zero-order valence-corrected chi connectivity index (χ0v) is 35.3. The molecule has 0 aromatic heterocycles. The summed E-state index contributed by atoms with van der Waals surface area (Å²) >= 11 is 0. The first-order chi connectivity index (χ1) is 31.7. The Morgan fingerprint density at radius 1 is 0.188 bits per heavy atom. The van der Waals surface area contributed by atoms with Gasteiger partial charge in [0.1, 0.15) is 0 Å². The van der Waals surface area contributed by atoms with Crippen LogP contribution < -0.4 is 9.80 Å². The number of anilines is 6. The van der Waals surface area contributed by atoms with Gasteiger partial charge in [0.05, 0.1) is 11.4 Å². The largest absolute Gasteiger partial charge is 0.310 e. The topological polar surface area (TPSA) is 6.48 Å². The van der Waals surface area contributed by atoms with E-state index in [1.165, 1.54) is 66.1 Å². The number of rotatable bonds is 10. The third-order valence-electron chi connectivity index (χ3n) is 12.3. The Kier molecular flexibility index (Phi) is 10.3. The maximum absolute atomic E-state index is 2.35. The van der Waals surface area contributed by atoms with Crippen molar-refractivity contribution in [3.8, 4) is 44.5 Å². The van der Waals surface area contributed by atoms with Gasteiger partial charge in [0.25, 0.3) is 0 Å². The molecular formula is C62H44N2. The molecule has 11 aromatic rings. The quantitative estimate of drug-likeness (QED) is 0.136. The number of hydrogen-bond acceptors (Lipinski definition) is 2. The Balaban J connectivity index is 0.842. The Labute approximate surface area is 375 Å². The normalized spacial score (nSPS) is 11.1. The van der Waals surface area contributed by atoms with Crippen molar-refractivity contribution >= 4 is 55.7 Å². The van der Waals surface area contributed by atoms with Crippen LogP contribution in [-0.2, 0) is 0 Å². The van der Waals surface area contributed by atoms with Gasteiger partial charge in [-0.2, -0.15) is 0 Å². The maximum Gasteiger partial charge on any atom is 0.0540 e. The van der Waals surface area contributed by atoms with Crippen LogP contribution in [0, 0.1) is 0 Å². The van der Waals surface area contributed by atoms with Crippen LogP contribution in [0.1, 0.15) is 0 Å². The fraction of sp³-hybridized carbons (Fsp3) is 0.